The van der Waals surface area contributed by atoms with Gasteiger partial charge in [0.1, 0.15) is 6.10 Å². The molecule has 0 aromatic heterocycles. The van der Waals surface area contributed by atoms with Gasteiger partial charge < -0.3 is 24.6 Å². The number of rotatable bonds is 19. The molecule has 0 bridgehead atoms. The van der Waals surface area contributed by atoms with E-state index in [-0.39, 0.29) is 12.5 Å². The maximum atomic E-state index is 12.4. The third-order valence-corrected chi connectivity index (χ3v) is 6.46. The second-order valence-electron chi connectivity index (χ2n) is 8.42. The van der Waals surface area contributed by atoms with Crippen LogP contribution in [-0.2, 0) is 23.1 Å². The van der Waals surface area contributed by atoms with Crippen molar-refractivity contribution in [1.82, 2.24) is 0 Å². The molecule has 1 aliphatic heterocycles. The largest absolute Gasteiger partial charge is 0.527 e. The number of phosphoric ester groups is 1. The molecule has 0 spiro atoms. The van der Waals surface area contributed by atoms with Crippen molar-refractivity contribution in [3.8, 4) is 0 Å². The lowest BCUT2D eigenvalue weighted by atomic mass is 9.95. The predicted octanol–water partition coefficient (Wildman–Crippen LogP) is 4.51. The highest BCUT2D eigenvalue weighted by atomic mass is 31.2. The van der Waals surface area contributed by atoms with Gasteiger partial charge in [0.15, 0.2) is 11.9 Å². The molecule has 4 atom stereocenters. The summed E-state index contributed by atoms with van der Waals surface area (Å²) in [7, 11) is -4.70. The maximum Gasteiger partial charge on any atom is 0.527 e. The summed E-state index contributed by atoms with van der Waals surface area (Å²) in [6.07, 6.45) is 9.92. The van der Waals surface area contributed by atoms with Crippen molar-refractivity contribution in [2.24, 2.45) is 5.92 Å². The van der Waals surface area contributed by atoms with Crippen LogP contribution >= 0.6 is 7.82 Å². The number of phosphoric acid groups is 1. The fourth-order valence-corrected chi connectivity index (χ4v) is 4.48. The average molecular weight is 481 g/mol. The molecule has 1 heterocycles. The van der Waals surface area contributed by atoms with Gasteiger partial charge in [0.05, 0.1) is 13.2 Å². The van der Waals surface area contributed by atoms with E-state index in [0.29, 0.717) is 0 Å². The minimum absolute atomic E-state index is 0.000641. The lowest BCUT2D eigenvalue weighted by molar-refractivity contribution is -0.147. The molecule has 0 amide bonds. The van der Waals surface area contributed by atoms with Crippen LogP contribution in [-0.4, -0.2) is 51.6 Å². The van der Waals surface area contributed by atoms with Crippen molar-refractivity contribution < 1.29 is 43.4 Å². The van der Waals surface area contributed by atoms with Crippen LogP contribution in [0.25, 0.3) is 0 Å². The second kappa shape index (κ2) is 15.7. The Morgan fingerprint density at radius 2 is 1.53 bits per heavy atom. The van der Waals surface area contributed by atoms with Gasteiger partial charge in [-0.25, -0.2) is 9.36 Å². The zero-order chi connectivity index (χ0) is 24.0. The number of hydrogen-bond acceptors (Lipinski definition) is 8. The minimum atomic E-state index is -4.70. The van der Waals surface area contributed by atoms with Crippen LogP contribution in [0.5, 0.6) is 0 Å². The van der Waals surface area contributed by atoms with E-state index < -0.39 is 44.1 Å². The first-order chi connectivity index (χ1) is 15.3. The first kappa shape index (κ1) is 28.9. The van der Waals surface area contributed by atoms with E-state index in [1.54, 1.807) is 0 Å². The fourth-order valence-electron chi connectivity index (χ4n) is 3.62. The number of esters is 1. The first-order valence-electron chi connectivity index (χ1n) is 11.9. The van der Waals surface area contributed by atoms with Crippen molar-refractivity contribution in [3.63, 3.8) is 0 Å². The van der Waals surface area contributed by atoms with Gasteiger partial charge in [-0.15, -0.1) is 0 Å². The number of hydrogen-bond donors (Lipinski definition) is 4. The molecule has 1 aliphatic rings. The van der Waals surface area contributed by atoms with Gasteiger partial charge in [0, 0.05) is 0 Å². The van der Waals surface area contributed by atoms with E-state index in [2.05, 4.69) is 13.8 Å². The molecule has 4 unspecified atom stereocenters. The summed E-state index contributed by atoms with van der Waals surface area (Å²) >= 11 is 0. The van der Waals surface area contributed by atoms with E-state index in [1.807, 2.05) is 0 Å². The van der Waals surface area contributed by atoms with Gasteiger partial charge >= 0.3 is 13.8 Å². The summed E-state index contributed by atoms with van der Waals surface area (Å²) in [6.45, 7) is 3.54. The highest BCUT2D eigenvalue weighted by Crippen LogP contribution is 2.48. The van der Waals surface area contributed by atoms with Crippen LogP contribution in [0.3, 0.4) is 0 Å². The Hall–Kier alpha value is -1.12. The van der Waals surface area contributed by atoms with Gasteiger partial charge in [-0.1, -0.05) is 78.1 Å². The highest BCUT2D eigenvalue weighted by molar-refractivity contribution is 7.47. The standard InChI is InChI=1S/C22H41O9P/c1-3-5-7-9-10-12-14-17(13-11-8-6-4-2)16-29-32(27,28)31-21-19(25)20(18(24)15-23)30-22(21)26/h17-18,20,23-25H,3-16H2,1-2H3,(H,27,28). The van der Waals surface area contributed by atoms with Crippen LogP contribution in [0.15, 0.2) is 11.5 Å². The molecule has 188 valence electrons. The second-order valence-corrected chi connectivity index (χ2v) is 9.80. The molecule has 1 rings (SSSR count). The summed E-state index contributed by atoms with van der Waals surface area (Å²) in [4.78, 5) is 21.9. The molecule has 0 saturated carbocycles. The zero-order valence-electron chi connectivity index (χ0n) is 19.4. The van der Waals surface area contributed by atoms with Crippen molar-refractivity contribution >= 4 is 13.8 Å². The molecule has 9 nitrogen and oxygen atoms in total. The Labute approximate surface area is 191 Å². The van der Waals surface area contributed by atoms with E-state index in [0.717, 1.165) is 51.4 Å². The molecular weight excluding hydrogens is 439 g/mol. The van der Waals surface area contributed by atoms with Crippen molar-refractivity contribution in [2.45, 2.75) is 103 Å². The molecule has 0 aromatic rings. The lowest BCUT2D eigenvalue weighted by Crippen LogP contribution is -2.31. The van der Waals surface area contributed by atoms with E-state index in [1.165, 1.54) is 25.7 Å². The monoisotopic (exact) mass is 480 g/mol. The average Bonchev–Trinajstić information content (AvgIpc) is 3.04. The maximum absolute atomic E-state index is 12.4. The zero-order valence-corrected chi connectivity index (χ0v) is 20.3. The molecule has 10 heteroatoms. The Morgan fingerprint density at radius 3 is 2.09 bits per heavy atom. The lowest BCUT2D eigenvalue weighted by Gasteiger charge is -2.19. The summed E-state index contributed by atoms with van der Waals surface area (Å²) < 4.78 is 27.0. The summed E-state index contributed by atoms with van der Waals surface area (Å²) in [5.74, 6) is -2.85. The molecule has 0 radical (unpaired) electrons. The van der Waals surface area contributed by atoms with Gasteiger partial charge in [0.2, 0.25) is 0 Å². The molecular formula is C22H41O9P. The number of aliphatic hydroxyl groups excluding tert-OH is 3. The summed E-state index contributed by atoms with van der Waals surface area (Å²) in [5.41, 5.74) is 0. The van der Waals surface area contributed by atoms with E-state index in [9.17, 15) is 24.5 Å². The Bertz CT molecular complexity index is 623. The first-order valence-corrected chi connectivity index (χ1v) is 13.3. The summed E-state index contributed by atoms with van der Waals surface area (Å²) in [6, 6.07) is 0. The van der Waals surface area contributed by atoms with Crippen LogP contribution in [0, 0.1) is 5.92 Å². The number of unbranched alkanes of at least 4 members (excludes halogenated alkanes) is 8. The van der Waals surface area contributed by atoms with E-state index in [4.69, 9.17) is 18.9 Å². The van der Waals surface area contributed by atoms with Crippen LogP contribution in [0.2, 0.25) is 0 Å². The van der Waals surface area contributed by atoms with Crippen molar-refractivity contribution in [2.75, 3.05) is 13.2 Å². The molecule has 32 heavy (non-hydrogen) atoms. The minimum Gasteiger partial charge on any atom is -0.505 e. The van der Waals surface area contributed by atoms with Gasteiger partial charge in [-0.3, -0.25) is 9.42 Å². The third kappa shape index (κ3) is 10.7. The van der Waals surface area contributed by atoms with Crippen LogP contribution < -0.4 is 0 Å². The smallest absolute Gasteiger partial charge is 0.505 e. The Morgan fingerprint density at radius 1 is 1.00 bits per heavy atom. The molecule has 0 aliphatic carbocycles. The molecule has 4 N–H and O–H groups in total. The number of ether oxygens (including phenoxy) is 1. The highest BCUT2D eigenvalue weighted by Gasteiger charge is 2.43. The number of carbonyl (C=O) groups excluding carboxylic acids is 1. The van der Waals surface area contributed by atoms with Gasteiger partial charge in [0.25, 0.3) is 5.76 Å². The van der Waals surface area contributed by atoms with Gasteiger partial charge in [-0.05, 0) is 18.8 Å². The third-order valence-electron chi connectivity index (χ3n) is 5.57. The topological polar surface area (TPSA) is 143 Å². The fraction of sp³-hybridized carbons (Fsp3) is 0.864. The summed E-state index contributed by atoms with van der Waals surface area (Å²) in [5, 5.41) is 28.5. The van der Waals surface area contributed by atoms with E-state index >= 15 is 0 Å². The Balaban J connectivity index is 2.61. The number of cyclic esters (lactones) is 1. The van der Waals surface area contributed by atoms with Crippen LogP contribution in [0.1, 0.15) is 90.9 Å². The SMILES string of the molecule is CCCCCCCCC(CCCCCC)COP(=O)(O)OC1=C(O)C(C(O)CO)OC1=O. The molecule has 0 saturated heterocycles. The molecule has 0 fully saturated rings. The van der Waals surface area contributed by atoms with Crippen LogP contribution in [0.4, 0.5) is 0 Å². The quantitative estimate of drug-likeness (QED) is 0.119. The van der Waals surface area contributed by atoms with Gasteiger partial charge in [-0.2, -0.15) is 0 Å². The molecule has 0 aromatic carbocycles. The number of carbonyl (C=O) groups is 1. The Kier molecular flexibility index (Phi) is 14.2. The number of aliphatic hydroxyl groups is 3. The normalized spacial score (nSPS) is 20.2. The predicted molar refractivity (Wildman–Crippen MR) is 120 cm³/mol. The van der Waals surface area contributed by atoms with Crippen molar-refractivity contribution in [3.05, 3.63) is 11.5 Å². The van der Waals surface area contributed by atoms with Crippen molar-refractivity contribution in [1.29, 1.82) is 0 Å².